The SMILES string of the molecule is CCOc1cc(/C=N/Nc2ccccn2)c(Br)cc1OCc1ccc(Cl)cc1. The van der Waals surface area contributed by atoms with E-state index in [1.165, 1.54) is 0 Å². The van der Waals surface area contributed by atoms with Crippen LogP contribution >= 0.6 is 27.5 Å². The molecule has 3 aromatic rings. The number of hydrogen-bond donors (Lipinski definition) is 1. The van der Waals surface area contributed by atoms with Gasteiger partial charge < -0.3 is 9.47 Å². The van der Waals surface area contributed by atoms with Crippen molar-refractivity contribution >= 4 is 39.6 Å². The van der Waals surface area contributed by atoms with Crippen molar-refractivity contribution in [3.8, 4) is 11.5 Å². The zero-order valence-corrected chi connectivity index (χ0v) is 17.6. The molecule has 2 aromatic carbocycles. The van der Waals surface area contributed by atoms with Crippen LogP contribution in [0.25, 0.3) is 0 Å². The number of rotatable bonds is 8. The first-order valence-corrected chi connectivity index (χ1v) is 9.86. The predicted octanol–water partition coefficient (Wildman–Crippen LogP) is 5.92. The lowest BCUT2D eigenvalue weighted by Crippen LogP contribution is -2.01. The van der Waals surface area contributed by atoms with Gasteiger partial charge in [0.05, 0.1) is 12.8 Å². The summed E-state index contributed by atoms with van der Waals surface area (Å²) in [5.74, 6) is 1.97. The summed E-state index contributed by atoms with van der Waals surface area (Å²) in [6, 6.07) is 16.9. The van der Waals surface area contributed by atoms with Crippen LogP contribution in [0.15, 0.2) is 70.4 Å². The quantitative estimate of drug-likeness (QED) is 0.335. The molecular formula is C21H19BrClN3O2. The molecule has 0 saturated heterocycles. The number of benzene rings is 2. The molecule has 0 atom stereocenters. The number of halogens is 2. The van der Waals surface area contributed by atoms with Crippen LogP contribution in [0, 0.1) is 0 Å². The third kappa shape index (κ3) is 5.71. The molecule has 144 valence electrons. The molecule has 0 aliphatic rings. The average Bonchev–Trinajstić information content (AvgIpc) is 2.71. The van der Waals surface area contributed by atoms with Crippen LogP contribution < -0.4 is 14.9 Å². The molecule has 1 N–H and O–H groups in total. The third-order valence-electron chi connectivity index (χ3n) is 3.72. The van der Waals surface area contributed by atoms with Crippen molar-refractivity contribution in [2.45, 2.75) is 13.5 Å². The van der Waals surface area contributed by atoms with Crippen LogP contribution in [0.3, 0.4) is 0 Å². The van der Waals surface area contributed by atoms with Gasteiger partial charge in [-0.05, 0) is 64.8 Å². The first kappa shape index (κ1) is 20.2. The number of aromatic nitrogens is 1. The van der Waals surface area contributed by atoms with Crippen molar-refractivity contribution in [1.29, 1.82) is 0 Å². The maximum atomic E-state index is 5.96. The Morgan fingerprint density at radius 3 is 2.61 bits per heavy atom. The Kier molecular flexibility index (Phi) is 7.28. The minimum Gasteiger partial charge on any atom is -0.490 e. The molecular weight excluding hydrogens is 442 g/mol. The third-order valence-corrected chi connectivity index (χ3v) is 4.66. The van der Waals surface area contributed by atoms with Crippen molar-refractivity contribution in [2.75, 3.05) is 12.0 Å². The van der Waals surface area contributed by atoms with Crippen molar-refractivity contribution < 1.29 is 9.47 Å². The molecule has 0 unspecified atom stereocenters. The van der Waals surface area contributed by atoms with Gasteiger partial charge in [-0.1, -0.05) is 29.8 Å². The summed E-state index contributed by atoms with van der Waals surface area (Å²) in [5.41, 5.74) is 4.77. The maximum Gasteiger partial charge on any atom is 0.162 e. The van der Waals surface area contributed by atoms with Gasteiger partial charge in [-0.15, -0.1) is 0 Å². The fourth-order valence-corrected chi connectivity index (χ4v) is 2.92. The Labute approximate surface area is 177 Å². The van der Waals surface area contributed by atoms with E-state index in [2.05, 4.69) is 31.4 Å². The van der Waals surface area contributed by atoms with E-state index in [4.69, 9.17) is 21.1 Å². The van der Waals surface area contributed by atoms with Crippen LogP contribution in [-0.2, 0) is 6.61 Å². The molecule has 28 heavy (non-hydrogen) atoms. The highest BCUT2D eigenvalue weighted by Gasteiger charge is 2.10. The molecule has 0 saturated carbocycles. The van der Waals surface area contributed by atoms with E-state index in [1.807, 2.05) is 61.5 Å². The summed E-state index contributed by atoms with van der Waals surface area (Å²) in [6.45, 7) is 2.88. The molecule has 1 heterocycles. The zero-order chi connectivity index (χ0) is 19.8. The van der Waals surface area contributed by atoms with Crippen LogP contribution in [0.2, 0.25) is 5.02 Å². The van der Waals surface area contributed by atoms with Gasteiger partial charge in [-0.3, -0.25) is 5.43 Å². The van der Waals surface area contributed by atoms with Crippen LogP contribution in [0.4, 0.5) is 5.82 Å². The Hall–Kier alpha value is -2.57. The van der Waals surface area contributed by atoms with Gasteiger partial charge >= 0.3 is 0 Å². The van der Waals surface area contributed by atoms with Gasteiger partial charge in [0.2, 0.25) is 0 Å². The van der Waals surface area contributed by atoms with E-state index >= 15 is 0 Å². The van der Waals surface area contributed by atoms with Crippen LogP contribution in [-0.4, -0.2) is 17.8 Å². The summed E-state index contributed by atoms with van der Waals surface area (Å²) in [4.78, 5) is 4.16. The summed E-state index contributed by atoms with van der Waals surface area (Å²) in [6.07, 6.45) is 3.40. The summed E-state index contributed by atoms with van der Waals surface area (Å²) < 4.78 is 12.5. The van der Waals surface area contributed by atoms with Gasteiger partial charge in [0.25, 0.3) is 0 Å². The van der Waals surface area contributed by atoms with Crippen LogP contribution in [0.5, 0.6) is 11.5 Å². The number of nitrogens with one attached hydrogen (secondary N) is 1. The Morgan fingerprint density at radius 1 is 1.11 bits per heavy atom. The van der Waals surface area contributed by atoms with Gasteiger partial charge in [0, 0.05) is 21.3 Å². The minimum atomic E-state index is 0.415. The van der Waals surface area contributed by atoms with Gasteiger partial charge in [-0.25, -0.2) is 4.98 Å². The lowest BCUT2D eigenvalue weighted by atomic mass is 10.2. The normalized spacial score (nSPS) is 10.8. The van der Waals surface area contributed by atoms with Crippen molar-refractivity contribution in [1.82, 2.24) is 4.98 Å². The smallest absolute Gasteiger partial charge is 0.162 e. The second-order valence-corrected chi connectivity index (χ2v) is 7.04. The molecule has 0 bridgehead atoms. The summed E-state index contributed by atoms with van der Waals surface area (Å²) in [7, 11) is 0. The second-order valence-electron chi connectivity index (χ2n) is 5.75. The number of nitrogens with zero attached hydrogens (tertiary/aromatic N) is 2. The average molecular weight is 461 g/mol. The molecule has 0 aliphatic heterocycles. The number of hydrazone groups is 1. The molecule has 7 heteroatoms. The van der Waals surface area contributed by atoms with Crippen LogP contribution in [0.1, 0.15) is 18.1 Å². The van der Waals surface area contributed by atoms with Gasteiger partial charge in [-0.2, -0.15) is 5.10 Å². The fourth-order valence-electron chi connectivity index (χ4n) is 2.37. The van der Waals surface area contributed by atoms with Gasteiger partial charge in [0.1, 0.15) is 12.4 Å². The number of anilines is 1. The fraction of sp³-hybridized carbons (Fsp3) is 0.143. The van der Waals surface area contributed by atoms with Crippen molar-refractivity contribution in [3.05, 3.63) is 81.4 Å². The molecule has 5 nitrogen and oxygen atoms in total. The lowest BCUT2D eigenvalue weighted by Gasteiger charge is -2.14. The number of pyridine rings is 1. The predicted molar refractivity (Wildman–Crippen MR) is 117 cm³/mol. The first-order chi connectivity index (χ1) is 13.7. The highest BCUT2D eigenvalue weighted by Crippen LogP contribution is 2.34. The van der Waals surface area contributed by atoms with E-state index in [1.54, 1.807) is 12.4 Å². The monoisotopic (exact) mass is 459 g/mol. The topological polar surface area (TPSA) is 55.7 Å². The first-order valence-electron chi connectivity index (χ1n) is 8.69. The highest BCUT2D eigenvalue weighted by molar-refractivity contribution is 9.10. The highest BCUT2D eigenvalue weighted by atomic mass is 79.9. The summed E-state index contributed by atoms with van der Waals surface area (Å²) >= 11 is 9.49. The van der Waals surface area contributed by atoms with E-state index < -0.39 is 0 Å². The maximum absolute atomic E-state index is 5.96. The Bertz CT molecular complexity index is 934. The Morgan fingerprint density at radius 2 is 1.89 bits per heavy atom. The zero-order valence-electron chi connectivity index (χ0n) is 15.2. The van der Waals surface area contributed by atoms with E-state index in [0.717, 1.165) is 15.6 Å². The van der Waals surface area contributed by atoms with E-state index in [9.17, 15) is 0 Å². The van der Waals surface area contributed by atoms with E-state index in [0.29, 0.717) is 35.6 Å². The molecule has 0 spiro atoms. The number of hydrogen-bond acceptors (Lipinski definition) is 5. The molecule has 0 amide bonds. The molecule has 0 radical (unpaired) electrons. The summed E-state index contributed by atoms with van der Waals surface area (Å²) in [5, 5.41) is 4.93. The lowest BCUT2D eigenvalue weighted by molar-refractivity contribution is 0.269. The van der Waals surface area contributed by atoms with Crippen molar-refractivity contribution in [3.63, 3.8) is 0 Å². The molecule has 0 aliphatic carbocycles. The molecule has 3 rings (SSSR count). The Balaban J connectivity index is 1.74. The molecule has 0 fully saturated rings. The van der Waals surface area contributed by atoms with E-state index in [-0.39, 0.29) is 0 Å². The minimum absolute atomic E-state index is 0.415. The molecule has 1 aromatic heterocycles. The second kappa shape index (κ2) is 10.1. The number of ether oxygens (including phenoxy) is 2. The standard InChI is InChI=1S/C21H19BrClN3O2/c1-2-27-19-11-16(13-25-26-21-5-3-4-10-24-21)18(22)12-20(19)28-14-15-6-8-17(23)9-7-15/h3-13H,2,14H2,1H3,(H,24,26)/b25-13+. The largest absolute Gasteiger partial charge is 0.490 e. The van der Waals surface area contributed by atoms with Gasteiger partial charge in [0.15, 0.2) is 11.5 Å². The van der Waals surface area contributed by atoms with Crippen molar-refractivity contribution in [2.24, 2.45) is 5.10 Å².